The third-order valence-corrected chi connectivity index (χ3v) is 6.78. The Kier molecular flexibility index (Phi) is 6.66. The molecular weight excluding hydrogens is 396 g/mol. The molecular formula is C16H25BrN2O4S. The van der Waals surface area contributed by atoms with Crippen LogP contribution in [0.2, 0.25) is 0 Å². The van der Waals surface area contributed by atoms with E-state index in [1.54, 1.807) is 32.2 Å². The SMILES string of the molecule is CC[C@@H]1CN(S(=O)(=O)c2ccc(OC)c(Br)c2)CCN1C[C@@H](C)O. The Bertz CT molecular complexity index is 666. The molecule has 1 aliphatic rings. The first-order chi connectivity index (χ1) is 11.3. The highest BCUT2D eigenvalue weighted by Crippen LogP contribution is 2.29. The lowest BCUT2D eigenvalue weighted by molar-refractivity contribution is 0.0613. The highest BCUT2D eigenvalue weighted by molar-refractivity contribution is 9.10. The molecule has 0 saturated carbocycles. The van der Waals surface area contributed by atoms with Crippen LogP contribution in [0.5, 0.6) is 5.75 Å². The summed E-state index contributed by atoms with van der Waals surface area (Å²) in [4.78, 5) is 2.43. The van der Waals surface area contributed by atoms with E-state index in [0.29, 0.717) is 36.4 Å². The van der Waals surface area contributed by atoms with Gasteiger partial charge in [-0.05, 0) is 47.5 Å². The summed E-state index contributed by atoms with van der Waals surface area (Å²) in [6.07, 6.45) is 0.421. The summed E-state index contributed by atoms with van der Waals surface area (Å²) in [5.41, 5.74) is 0. The molecule has 8 heteroatoms. The van der Waals surface area contributed by atoms with Crippen molar-refractivity contribution in [3.63, 3.8) is 0 Å². The minimum Gasteiger partial charge on any atom is -0.496 e. The van der Waals surface area contributed by atoms with Gasteiger partial charge in [0.05, 0.1) is 22.6 Å². The molecule has 2 rings (SSSR count). The molecule has 136 valence electrons. The lowest BCUT2D eigenvalue weighted by Crippen LogP contribution is -2.55. The Balaban J connectivity index is 2.20. The Morgan fingerprint density at radius 2 is 2.12 bits per heavy atom. The van der Waals surface area contributed by atoms with Gasteiger partial charge >= 0.3 is 0 Å². The first-order valence-corrected chi connectivity index (χ1v) is 10.3. The van der Waals surface area contributed by atoms with Crippen LogP contribution in [0.25, 0.3) is 0 Å². The van der Waals surface area contributed by atoms with E-state index >= 15 is 0 Å². The molecule has 1 aromatic rings. The van der Waals surface area contributed by atoms with Crippen LogP contribution in [0.1, 0.15) is 20.3 Å². The second kappa shape index (κ2) is 8.14. The van der Waals surface area contributed by atoms with Gasteiger partial charge in [-0.2, -0.15) is 4.31 Å². The zero-order chi connectivity index (χ0) is 17.9. The van der Waals surface area contributed by atoms with Crippen molar-refractivity contribution in [2.75, 3.05) is 33.3 Å². The maximum atomic E-state index is 12.9. The predicted octanol–water partition coefficient (Wildman–Crippen LogP) is 1.92. The Morgan fingerprint density at radius 1 is 1.42 bits per heavy atom. The lowest BCUT2D eigenvalue weighted by Gasteiger charge is -2.41. The largest absolute Gasteiger partial charge is 0.496 e. The van der Waals surface area contributed by atoms with Crippen LogP contribution < -0.4 is 4.74 Å². The van der Waals surface area contributed by atoms with Gasteiger partial charge in [0.1, 0.15) is 5.75 Å². The van der Waals surface area contributed by atoms with Crippen LogP contribution in [-0.4, -0.2) is 68.2 Å². The molecule has 6 nitrogen and oxygen atoms in total. The topological polar surface area (TPSA) is 70.1 Å². The van der Waals surface area contributed by atoms with E-state index in [0.717, 1.165) is 6.42 Å². The predicted molar refractivity (Wildman–Crippen MR) is 96.8 cm³/mol. The zero-order valence-corrected chi connectivity index (χ0v) is 16.7. The van der Waals surface area contributed by atoms with Crippen LogP contribution in [-0.2, 0) is 10.0 Å². The van der Waals surface area contributed by atoms with Gasteiger partial charge in [0.15, 0.2) is 0 Å². The van der Waals surface area contributed by atoms with Crippen molar-refractivity contribution < 1.29 is 18.3 Å². The number of benzene rings is 1. The third kappa shape index (κ3) is 4.29. The van der Waals surface area contributed by atoms with Gasteiger partial charge in [-0.25, -0.2) is 8.42 Å². The number of rotatable bonds is 6. The number of aliphatic hydroxyl groups excluding tert-OH is 1. The van der Waals surface area contributed by atoms with Crippen LogP contribution in [0, 0.1) is 0 Å². The molecule has 1 aromatic carbocycles. The van der Waals surface area contributed by atoms with Crippen molar-refractivity contribution in [2.45, 2.75) is 37.3 Å². The summed E-state index contributed by atoms with van der Waals surface area (Å²) >= 11 is 3.34. The summed E-state index contributed by atoms with van der Waals surface area (Å²) in [6, 6.07) is 4.92. The van der Waals surface area contributed by atoms with Crippen LogP contribution in [0.3, 0.4) is 0 Å². The molecule has 0 unspecified atom stereocenters. The fraction of sp³-hybridized carbons (Fsp3) is 0.625. The van der Waals surface area contributed by atoms with E-state index < -0.39 is 16.1 Å². The Labute approximate surface area is 152 Å². The lowest BCUT2D eigenvalue weighted by atomic mass is 10.1. The monoisotopic (exact) mass is 420 g/mol. The van der Waals surface area contributed by atoms with E-state index in [1.165, 1.54) is 4.31 Å². The van der Waals surface area contributed by atoms with Gasteiger partial charge in [0.2, 0.25) is 10.0 Å². The van der Waals surface area contributed by atoms with Crippen molar-refractivity contribution in [3.8, 4) is 5.75 Å². The number of ether oxygens (including phenoxy) is 1. The number of hydrogen-bond acceptors (Lipinski definition) is 5. The summed E-state index contributed by atoms with van der Waals surface area (Å²) in [7, 11) is -2.00. The number of hydrogen-bond donors (Lipinski definition) is 1. The molecule has 0 amide bonds. The van der Waals surface area contributed by atoms with E-state index in [2.05, 4.69) is 20.8 Å². The number of sulfonamides is 1. The molecule has 1 fully saturated rings. The molecule has 0 bridgehead atoms. The molecule has 0 aromatic heterocycles. The van der Waals surface area contributed by atoms with Crippen LogP contribution in [0.4, 0.5) is 0 Å². The second-order valence-corrected chi connectivity index (χ2v) is 8.86. The van der Waals surface area contributed by atoms with Crippen molar-refractivity contribution in [3.05, 3.63) is 22.7 Å². The van der Waals surface area contributed by atoms with Gasteiger partial charge in [-0.1, -0.05) is 6.92 Å². The van der Waals surface area contributed by atoms with Crippen LogP contribution in [0.15, 0.2) is 27.6 Å². The zero-order valence-electron chi connectivity index (χ0n) is 14.3. The normalized spacial score (nSPS) is 21.6. The fourth-order valence-electron chi connectivity index (χ4n) is 3.01. The highest BCUT2D eigenvalue weighted by Gasteiger charge is 2.33. The van der Waals surface area contributed by atoms with Gasteiger partial charge in [-0.15, -0.1) is 0 Å². The molecule has 2 atom stereocenters. The Morgan fingerprint density at radius 3 is 2.67 bits per heavy atom. The Hall–Kier alpha value is -0.670. The average molecular weight is 421 g/mol. The minimum atomic E-state index is -3.55. The second-order valence-electron chi connectivity index (χ2n) is 6.07. The van der Waals surface area contributed by atoms with Gasteiger partial charge in [0.25, 0.3) is 0 Å². The summed E-state index contributed by atoms with van der Waals surface area (Å²) in [5, 5.41) is 9.61. The van der Waals surface area contributed by atoms with E-state index in [9.17, 15) is 13.5 Å². The quantitative estimate of drug-likeness (QED) is 0.760. The minimum absolute atomic E-state index is 0.116. The van der Waals surface area contributed by atoms with E-state index in [1.807, 2.05) is 6.92 Å². The van der Waals surface area contributed by atoms with E-state index in [4.69, 9.17) is 4.74 Å². The molecule has 24 heavy (non-hydrogen) atoms. The molecule has 1 N–H and O–H groups in total. The van der Waals surface area contributed by atoms with Crippen molar-refractivity contribution in [1.82, 2.24) is 9.21 Å². The molecule has 0 aliphatic carbocycles. The smallest absolute Gasteiger partial charge is 0.243 e. The molecule has 0 spiro atoms. The number of piperazine rings is 1. The molecule has 1 aliphatic heterocycles. The summed E-state index contributed by atoms with van der Waals surface area (Å²) in [5.74, 6) is 0.599. The van der Waals surface area contributed by atoms with Gasteiger partial charge in [0, 0.05) is 32.2 Å². The maximum absolute atomic E-state index is 12.9. The van der Waals surface area contributed by atoms with Gasteiger partial charge < -0.3 is 9.84 Å². The van der Waals surface area contributed by atoms with E-state index in [-0.39, 0.29) is 10.9 Å². The van der Waals surface area contributed by atoms with Crippen molar-refractivity contribution >= 4 is 26.0 Å². The number of nitrogens with zero attached hydrogens (tertiary/aromatic N) is 2. The van der Waals surface area contributed by atoms with Gasteiger partial charge in [-0.3, -0.25) is 4.90 Å². The molecule has 1 saturated heterocycles. The van der Waals surface area contributed by atoms with Crippen LogP contribution >= 0.6 is 15.9 Å². The molecule has 1 heterocycles. The third-order valence-electron chi connectivity index (χ3n) is 4.30. The number of halogens is 1. The number of β-amino-alcohol motifs (C(OH)–C–C–N with tert-alkyl or cyclic N) is 1. The molecule has 0 radical (unpaired) electrons. The standard InChI is InChI=1S/C16H25BrN2O4S/c1-4-13-11-19(8-7-18(13)10-12(2)20)24(21,22)14-5-6-16(23-3)15(17)9-14/h5-6,9,12-13,20H,4,7-8,10-11H2,1-3H3/t12-,13-/m1/s1. The number of aliphatic hydroxyl groups is 1. The first-order valence-electron chi connectivity index (χ1n) is 8.05. The fourth-order valence-corrected chi connectivity index (χ4v) is 5.19. The highest BCUT2D eigenvalue weighted by atomic mass is 79.9. The first kappa shape index (κ1) is 19.7. The van der Waals surface area contributed by atoms with Crippen molar-refractivity contribution in [2.24, 2.45) is 0 Å². The van der Waals surface area contributed by atoms with Crippen molar-refractivity contribution in [1.29, 1.82) is 0 Å². The summed E-state index contributed by atoms with van der Waals surface area (Å²) < 4.78 is 33.2. The summed E-state index contributed by atoms with van der Waals surface area (Å²) in [6.45, 7) is 5.86. The number of methoxy groups -OCH3 is 1. The maximum Gasteiger partial charge on any atom is 0.243 e. The average Bonchev–Trinajstić information content (AvgIpc) is 2.54.